The van der Waals surface area contributed by atoms with Crippen molar-refractivity contribution in [1.82, 2.24) is 5.32 Å². The molecule has 0 fully saturated rings. The highest BCUT2D eigenvalue weighted by molar-refractivity contribution is 5.53. The molecule has 0 saturated heterocycles. The predicted octanol–water partition coefficient (Wildman–Crippen LogP) is 3.05. The lowest BCUT2D eigenvalue weighted by molar-refractivity contribution is 0.154. The molecule has 0 atom stereocenters. The quantitative estimate of drug-likeness (QED) is 0.657. The van der Waals surface area contributed by atoms with Crippen molar-refractivity contribution in [3.05, 3.63) is 29.8 Å². The first kappa shape index (κ1) is 16.0. The lowest BCUT2D eigenvalue weighted by atomic mass is 10.1. The zero-order valence-corrected chi connectivity index (χ0v) is 12.6. The van der Waals surface area contributed by atoms with Gasteiger partial charge >= 0.3 is 0 Å². The first-order chi connectivity index (χ1) is 9.33. The largest absolute Gasteiger partial charge is 0.380 e. The molecule has 19 heavy (non-hydrogen) atoms. The van der Waals surface area contributed by atoms with Crippen molar-refractivity contribution in [2.75, 3.05) is 37.7 Å². The lowest BCUT2D eigenvalue weighted by Crippen LogP contribution is -2.29. The third kappa shape index (κ3) is 5.62. The number of anilines is 1. The molecule has 0 unspecified atom stereocenters. The number of nitrogens with zero attached hydrogens (tertiary/aromatic N) is 1. The molecular formula is C16H28N2O. The van der Waals surface area contributed by atoms with Crippen LogP contribution in [0.5, 0.6) is 0 Å². The summed E-state index contributed by atoms with van der Waals surface area (Å²) in [5, 5.41) is 3.48. The van der Waals surface area contributed by atoms with Crippen LogP contribution in [0, 0.1) is 0 Å². The van der Waals surface area contributed by atoms with Crippen LogP contribution in [0.15, 0.2) is 24.3 Å². The van der Waals surface area contributed by atoms with E-state index in [1.165, 1.54) is 17.7 Å². The van der Waals surface area contributed by atoms with Gasteiger partial charge in [-0.3, -0.25) is 0 Å². The highest BCUT2D eigenvalue weighted by Crippen LogP contribution is 2.20. The predicted molar refractivity (Wildman–Crippen MR) is 82.8 cm³/mol. The minimum absolute atomic E-state index is 0.789. The SMILES string of the molecule is CCCNCc1ccccc1N(CC)CCOCC. The van der Waals surface area contributed by atoms with Crippen LogP contribution in [0.3, 0.4) is 0 Å². The Morgan fingerprint density at radius 1 is 1.16 bits per heavy atom. The van der Waals surface area contributed by atoms with Crippen molar-refractivity contribution in [3.63, 3.8) is 0 Å². The number of rotatable bonds is 10. The third-order valence-electron chi connectivity index (χ3n) is 3.17. The summed E-state index contributed by atoms with van der Waals surface area (Å²) in [6, 6.07) is 8.64. The van der Waals surface area contributed by atoms with Crippen LogP contribution < -0.4 is 10.2 Å². The molecule has 108 valence electrons. The van der Waals surface area contributed by atoms with Crippen LogP contribution in [0.4, 0.5) is 5.69 Å². The Bertz CT molecular complexity index is 341. The van der Waals surface area contributed by atoms with Crippen LogP contribution in [0.25, 0.3) is 0 Å². The maximum absolute atomic E-state index is 5.47. The number of likely N-dealkylation sites (N-methyl/N-ethyl adjacent to an activating group) is 1. The van der Waals surface area contributed by atoms with Gasteiger partial charge in [0.15, 0.2) is 0 Å². The van der Waals surface area contributed by atoms with Gasteiger partial charge in [0.2, 0.25) is 0 Å². The van der Waals surface area contributed by atoms with E-state index >= 15 is 0 Å². The number of ether oxygens (including phenoxy) is 1. The molecule has 0 radical (unpaired) electrons. The number of para-hydroxylation sites is 1. The standard InChI is InChI=1S/C16H28N2O/c1-4-11-17-14-15-9-7-8-10-16(15)18(5-2)12-13-19-6-3/h7-10,17H,4-6,11-14H2,1-3H3. The van der Waals surface area contributed by atoms with E-state index in [0.717, 1.165) is 39.4 Å². The Balaban J connectivity index is 2.66. The highest BCUT2D eigenvalue weighted by atomic mass is 16.5. The first-order valence-electron chi connectivity index (χ1n) is 7.44. The summed E-state index contributed by atoms with van der Waals surface area (Å²) in [6.45, 7) is 12.0. The minimum atomic E-state index is 0.789. The zero-order chi connectivity index (χ0) is 13.9. The fraction of sp³-hybridized carbons (Fsp3) is 0.625. The first-order valence-corrected chi connectivity index (χ1v) is 7.44. The van der Waals surface area contributed by atoms with Gasteiger partial charge in [-0.1, -0.05) is 25.1 Å². The summed E-state index contributed by atoms with van der Waals surface area (Å²) in [7, 11) is 0. The van der Waals surface area contributed by atoms with Crippen LogP contribution in [-0.2, 0) is 11.3 Å². The van der Waals surface area contributed by atoms with E-state index in [-0.39, 0.29) is 0 Å². The second-order valence-corrected chi connectivity index (χ2v) is 4.58. The van der Waals surface area contributed by atoms with Gasteiger partial charge in [0, 0.05) is 31.9 Å². The smallest absolute Gasteiger partial charge is 0.0641 e. The zero-order valence-electron chi connectivity index (χ0n) is 12.6. The molecule has 0 aliphatic heterocycles. The molecule has 0 saturated carbocycles. The van der Waals surface area contributed by atoms with Crippen molar-refractivity contribution in [2.45, 2.75) is 33.7 Å². The second kappa shape index (κ2) is 9.82. The van der Waals surface area contributed by atoms with Crippen molar-refractivity contribution < 1.29 is 4.74 Å². The van der Waals surface area contributed by atoms with Gasteiger partial charge in [-0.15, -0.1) is 0 Å². The highest BCUT2D eigenvalue weighted by Gasteiger charge is 2.08. The monoisotopic (exact) mass is 264 g/mol. The molecule has 0 aliphatic carbocycles. The molecule has 0 amide bonds. The maximum atomic E-state index is 5.47. The van der Waals surface area contributed by atoms with E-state index in [2.05, 4.69) is 48.3 Å². The van der Waals surface area contributed by atoms with Crippen LogP contribution in [0.2, 0.25) is 0 Å². The van der Waals surface area contributed by atoms with Crippen LogP contribution in [-0.4, -0.2) is 32.8 Å². The van der Waals surface area contributed by atoms with Gasteiger partial charge in [0.25, 0.3) is 0 Å². The Labute approximate surface area is 118 Å². The molecule has 0 spiro atoms. The van der Waals surface area contributed by atoms with E-state index in [9.17, 15) is 0 Å². The molecule has 1 aromatic rings. The summed E-state index contributed by atoms with van der Waals surface area (Å²) in [4.78, 5) is 2.39. The minimum Gasteiger partial charge on any atom is -0.380 e. The molecular weight excluding hydrogens is 236 g/mol. The van der Waals surface area contributed by atoms with Gasteiger partial charge in [0.05, 0.1) is 6.61 Å². The summed E-state index contributed by atoms with van der Waals surface area (Å²) in [5.74, 6) is 0. The number of benzene rings is 1. The van der Waals surface area contributed by atoms with Crippen molar-refractivity contribution in [2.24, 2.45) is 0 Å². The Morgan fingerprint density at radius 3 is 2.63 bits per heavy atom. The van der Waals surface area contributed by atoms with E-state index < -0.39 is 0 Å². The molecule has 1 rings (SSSR count). The van der Waals surface area contributed by atoms with Crippen molar-refractivity contribution in [3.8, 4) is 0 Å². The summed E-state index contributed by atoms with van der Waals surface area (Å²) >= 11 is 0. The normalized spacial score (nSPS) is 10.7. The summed E-state index contributed by atoms with van der Waals surface area (Å²) in [6.07, 6.45) is 1.17. The fourth-order valence-corrected chi connectivity index (χ4v) is 2.14. The van der Waals surface area contributed by atoms with Gasteiger partial charge in [-0.2, -0.15) is 0 Å². The van der Waals surface area contributed by atoms with Gasteiger partial charge in [-0.25, -0.2) is 0 Å². The molecule has 0 bridgehead atoms. The maximum Gasteiger partial charge on any atom is 0.0641 e. The Kier molecular flexibility index (Phi) is 8.26. The van der Waals surface area contributed by atoms with E-state index in [1.54, 1.807) is 0 Å². The molecule has 0 heterocycles. The Hall–Kier alpha value is -1.06. The third-order valence-corrected chi connectivity index (χ3v) is 3.17. The van der Waals surface area contributed by atoms with Gasteiger partial charge in [0.1, 0.15) is 0 Å². The van der Waals surface area contributed by atoms with Crippen molar-refractivity contribution in [1.29, 1.82) is 0 Å². The average Bonchev–Trinajstić information content (AvgIpc) is 2.45. The molecule has 0 aliphatic rings. The molecule has 3 heteroatoms. The molecule has 1 N–H and O–H groups in total. The topological polar surface area (TPSA) is 24.5 Å². The van der Waals surface area contributed by atoms with E-state index in [0.29, 0.717) is 0 Å². The molecule has 3 nitrogen and oxygen atoms in total. The number of nitrogens with one attached hydrogen (secondary N) is 1. The van der Waals surface area contributed by atoms with Gasteiger partial charge in [-0.05, 0) is 38.4 Å². The van der Waals surface area contributed by atoms with Crippen LogP contribution in [0.1, 0.15) is 32.8 Å². The van der Waals surface area contributed by atoms with Gasteiger partial charge < -0.3 is 15.0 Å². The van der Waals surface area contributed by atoms with Crippen LogP contribution >= 0.6 is 0 Å². The number of hydrogen-bond acceptors (Lipinski definition) is 3. The Morgan fingerprint density at radius 2 is 1.95 bits per heavy atom. The second-order valence-electron chi connectivity index (χ2n) is 4.58. The fourth-order valence-electron chi connectivity index (χ4n) is 2.14. The lowest BCUT2D eigenvalue weighted by Gasteiger charge is -2.25. The van der Waals surface area contributed by atoms with Crippen molar-refractivity contribution >= 4 is 5.69 Å². The van der Waals surface area contributed by atoms with E-state index in [1.807, 2.05) is 6.92 Å². The average molecular weight is 264 g/mol. The summed E-state index contributed by atoms with van der Waals surface area (Å²) < 4.78 is 5.47. The molecule has 0 aromatic heterocycles. The summed E-state index contributed by atoms with van der Waals surface area (Å²) in [5.41, 5.74) is 2.70. The molecule has 1 aromatic carbocycles. The van der Waals surface area contributed by atoms with E-state index in [4.69, 9.17) is 4.74 Å². The number of hydrogen-bond donors (Lipinski definition) is 1.